The highest BCUT2D eigenvalue weighted by Crippen LogP contribution is 2.22. The third-order valence-corrected chi connectivity index (χ3v) is 5.62. The Bertz CT molecular complexity index is 1350. The Labute approximate surface area is 192 Å². The molecule has 7 nitrogen and oxygen atoms in total. The zero-order valence-electron chi connectivity index (χ0n) is 17.7. The predicted molar refractivity (Wildman–Crippen MR) is 123 cm³/mol. The molecule has 1 atom stereocenters. The normalized spacial score (nSPS) is 12.1. The fourth-order valence-electron chi connectivity index (χ4n) is 3.45. The summed E-state index contributed by atoms with van der Waals surface area (Å²) in [7, 11) is 0. The number of benzene rings is 2. The largest absolute Gasteiger partial charge is 0.760 e. The predicted octanol–water partition coefficient (Wildman–Crippen LogP) is 3.69. The summed E-state index contributed by atoms with van der Waals surface area (Å²) in [6, 6.07) is 13.3. The van der Waals surface area contributed by atoms with Gasteiger partial charge in [-0.3, -0.25) is 19.0 Å². The van der Waals surface area contributed by atoms with Gasteiger partial charge in [-0.1, -0.05) is 12.1 Å². The maximum atomic E-state index is 15.0. The van der Waals surface area contributed by atoms with E-state index in [1.165, 1.54) is 6.07 Å². The van der Waals surface area contributed by atoms with Gasteiger partial charge < -0.3 is 4.55 Å². The lowest BCUT2D eigenvalue weighted by Crippen LogP contribution is -2.18. The van der Waals surface area contributed by atoms with Gasteiger partial charge in [0.05, 0.1) is 28.5 Å². The van der Waals surface area contributed by atoms with Crippen molar-refractivity contribution in [2.45, 2.75) is 19.8 Å². The van der Waals surface area contributed by atoms with Crippen molar-refractivity contribution in [3.63, 3.8) is 0 Å². The standard InChI is InChI=1S/C24H21FN4O3S/c1-15-7-8-18(13-26-15)22-14-27-20-10-9-17(12-21(20)29-22)24(30)19-6-2-4-16(23(19)25)5-3-11-28-33(31)32/h2,4,6-10,12-14,28H,3,5,11H2,1H3,(H,31,32)/p-1. The molecule has 0 spiro atoms. The van der Waals surface area contributed by atoms with Crippen LogP contribution in [0.1, 0.15) is 33.6 Å². The molecule has 0 aliphatic heterocycles. The number of ketones is 1. The number of hydrogen-bond donors (Lipinski definition) is 1. The zero-order valence-corrected chi connectivity index (χ0v) is 18.6. The van der Waals surface area contributed by atoms with Crippen molar-refractivity contribution in [3.8, 4) is 11.3 Å². The van der Waals surface area contributed by atoms with E-state index < -0.39 is 22.9 Å². The van der Waals surface area contributed by atoms with Crippen molar-refractivity contribution in [1.82, 2.24) is 19.7 Å². The number of fused-ring (bicyclic) bond motifs is 1. The Morgan fingerprint density at radius 2 is 1.94 bits per heavy atom. The first-order chi connectivity index (χ1) is 15.9. The molecule has 0 saturated carbocycles. The van der Waals surface area contributed by atoms with E-state index in [0.717, 1.165) is 11.3 Å². The Morgan fingerprint density at radius 3 is 2.70 bits per heavy atom. The SMILES string of the molecule is Cc1ccc(-c2cnc3ccc(C(=O)c4cccc(CCCNS(=O)[O-])c4F)cc3n2)cn1. The van der Waals surface area contributed by atoms with Crippen LogP contribution < -0.4 is 4.72 Å². The number of aryl methyl sites for hydroxylation is 2. The Morgan fingerprint density at radius 1 is 1.09 bits per heavy atom. The van der Waals surface area contributed by atoms with Crippen LogP contribution in [0.5, 0.6) is 0 Å². The monoisotopic (exact) mass is 463 g/mol. The van der Waals surface area contributed by atoms with E-state index in [-0.39, 0.29) is 12.1 Å². The molecule has 2 aromatic heterocycles. The van der Waals surface area contributed by atoms with Crippen molar-refractivity contribution in [1.29, 1.82) is 0 Å². The first-order valence-corrected chi connectivity index (χ1v) is 11.3. The van der Waals surface area contributed by atoms with Crippen LogP contribution >= 0.6 is 0 Å². The van der Waals surface area contributed by atoms with E-state index in [0.29, 0.717) is 40.7 Å². The number of rotatable bonds is 8. The van der Waals surface area contributed by atoms with Crippen LogP contribution in [0.25, 0.3) is 22.3 Å². The molecule has 33 heavy (non-hydrogen) atoms. The molecule has 1 unspecified atom stereocenters. The number of aromatic nitrogens is 3. The maximum Gasteiger partial charge on any atom is 0.196 e. The van der Waals surface area contributed by atoms with Gasteiger partial charge in [0.15, 0.2) is 5.78 Å². The van der Waals surface area contributed by atoms with Gasteiger partial charge >= 0.3 is 0 Å². The molecule has 1 N–H and O–H groups in total. The van der Waals surface area contributed by atoms with Crippen molar-refractivity contribution in [2.75, 3.05) is 6.54 Å². The number of carbonyl (C=O) groups is 1. The summed E-state index contributed by atoms with van der Waals surface area (Å²) < 4.78 is 38.4. The maximum absolute atomic E-state index is 15.0. The van der Waals surface area contributed by atoms with Gasteiger partial charge in [0.25, 0.3) is 0 Å². The molecular weight excluding hydrogens is 443 g/mol. The fourth-order valence-corrected chi connectivity index (χ4v) is 3.76. The average molecular weight is 464 g/mol. The minimum Gasteiger partial charge on any atom is -0.760 e. The molecule has 0 fully saturated rings. The van der Waals surface area contributed by atoms with Crippen LogP contribution in [0.4, 0.5) is 4.39 Å². The highest BCUT2D eigenvalue weighted by Gasteiger charge is 2.17. The van der Waals surface area contributed by atoms with Crippen LogP contribution in [0.15, 0.2) is 60.9 Å². The Kier molecular flexibility index (Phi) is 6.93. The van der Waals surface area contributed by atoms with E-state index in [2.05, 4.69) is 19.7 Å². The smallest absolute Gasteiger partial charge is 0.196 e. The third kappa shape index (κ3) is 5.33. The number of nitrogens with one attached hydrogen (secondary N) is 1. The summed E-state index contributed by atoms with van der Waals surface area (Å²) in [4.78, 5) is 26.4. The van der Waals surface area contributed by atoms with E-state index in [1.807, 2.05) is 19.1 Å². The molecule has 4 rings (SSSR count). The second-order valence-electron chi connectivity index (χ2n) is 7.49. The summed E-state index contributed by atoms with van der Waals surface area (Å²) in [5, 5.41) is 0. The third-order valence-electron chi connectivity index (χ3n) is 5.18. The summed E-state index contributed by atoms with van der Waals surface area (Å²) >= 11 is -2.35. The van der Waals surface area contributed by atoms with Gasteiger partial charge in [0.2, 0.25) is 0 Å². The van der Waals surface area contributed by atoms with Gasteiger partial charge in [-0.2, -0.15) is 0 Å². The molecule has 0 radical (unpaired) electrons. The summed E-state index contributed by atoms with van der Waals surface area (Å²) in [6.45, 7) is 2.09. The van der Waals surface area contributed by atoms with Gasteiger partial charge in [-0.05, 0) is 61.7 Å². The molecule has 9 heteroatoms. The molecule has 0 saturated heterocycles. The van der Waals surface area contributed by atoms with Gasteiger partial charge in [-0.25, -0.2) is 14.1 Å². The van der Waals surface area contributed by atoms with Crippen LogP contribution in [0.3, 0.4) is 0 Å². The second-order valence-corrected chi connectivity index (χ2v) is 8.25. The van der Waals surface area contributed by atoms with Crippen molar-refractivity contribution < 1.29 is 17.9 Å². The van der Waals surface area contributed by atoms with Crippen LogP contribution in [0, 0.1) is 12.7 Å². The lowest BCUT2D eigenvalue weighted by Gasteiger charge is -2.10. The van der Waals surface area contributed by atoms with Gasteiger partial charge in [-0.15, -0.1) is 0 Å². The summed E-state index contributed by atoms with van der Waals surface area (Å²) in [5.74, 6) is -1.06. The van der Waals surface area contributed by atoms with Crippen LogP contribution in [-0.2, 0) is 17.7 Å². The first kappa shape index (κ1) is 22.8. The molecule has 2 aromatic carbocycles. The van der Waals surface area contributed by atoms with E-state index in [1.54, 1.807) is 42.7 Å². The van der Waals surface area contributed by atoms with Crippen molar-refractivity contribution >= 4 is 28.1 Å². The highest BCUT2D eigenvalue weighted by atomic mass is 32.2. The van der Waals surface area contributed by atoms with Crippen LogP contribution in [0.2, 0.25) is 0 Å². The molecule has 0 bridgehead atoms. The van der Waals surface area contributed by atoms with Crippen molar-refractivity contribution in [3.05, 3.63) is 89.1 Å². The molecular formula is C24H20FN4O3S-. The van der Waals surface area contributed by atoms with Crippen molar-refractivity contribution in [2.24, 2.45) is 0 Å². The van der Waals surface area contributed by atoms with Crippen LogP contribution in [-0.4, -0.2) is 36.0 Å². The fraction of sp³-hybridized carbons (Fsp3) is 0.167. The Balaban J connectivity index is 1.60. The van der Waals surface area contributed by atoms with E-state index >= 15 is 4.39 Å². The summed E-state index contributed by atoms with van der Waals surface area (Å²) in [6.07, 6.45) is 4.07. The molecule has 0 aliphatic rings. The number of halogens is 1. The lowest BCUT2D eigenvalue weighted by atomic mass is 9.98. The number of pyridine rings is 1. The lowest BCUT2D eigenvalue weighted by molar-refractivity contribution is 0.103. The van der Waals surface area contributed by atoms with Gasteiger partial charge in [0, 0.05) is 40.8 Å². The first-order valence-electron chi connectivity index (χ1n) is 10.3. The zero-order chi connectivity index (χ0) is 23.4. The topological polar surface area (TPSA) is 108 Å². The molecule has 4 aromatic rings. The minimum atomic E-state index is -2.35. The Hall–Kier alpha value is -3.40. The molecule has 168 valence electrons. The minimum absolute atomic E-state index is 0.0425. The molecule has 0 amide bonds. The number of hydrogen-bond acceptors (Lipinski definition) is 6. The molecule has 0 aliphatic carbocycles. The summed E-state index contributed by atoms with van der Waals surface area (Å²) in [5.41, 5.74) is 4.08. The van der Waals surface area contributed by atoms with E-state index in [4.69, 9.17) is 0 Å². The number of nitrogens with zero attached hydrogens (tertiary/aromatic N) is 3. The number of carbonyl (C=O) groups excluding carboxylic acids is 1. The quantitative estimate of drug-likeness (QED) is 0.243. The van der Waals surface area contributed by atoms with E-state index in [9.17, 15) is 13.6 Å². The van der Waals surface area contributed by atoms with Gasteiger partial charge in [0.1, 0.15) is 5.82 Å². The average Bonchev–Trinajstić information content (AvgIpc) is 2.82. The highest BCUT2D eigenvalue weighted by molar-refractivity contribution is 7.77. The second kappa shape index (κ2) is 10.0. The molecule has 2 heterocycles.